The number of aryl methyl sites for hydroxylation is 2. The van der Waals surface area contributed by atoms with Gasteiger partial charge in [0.25, 0.3) is 0 Å². The number of ether oxygens (including phenoxy) is 2. The molecule has 1 atom stereocenters. The fourth-order valence-corrected chi connectivity index (χ4v) is 7.09. The Kier molecular flexibility index (Phi) is 12.7. The summed E-state index contributed by atoms with van der Waals surface area (Å²) in [6.07, 6.45) is -1.76. The Labute approximate surface area is 295 Å². The largest absolute Gasteiger partial charge is 0.464 e. The number of benzene rings is 1. The third-order valence-corrected chi connectivity index (χ3v) is 10.0. The summed E-state index contributed by atoms with van der Waals surface area (Å²) in [5.74, 6) is -2.11. The third-order valence-electron chi connectivity index (χ3n) is 8.21. The summed E-state index contributed by atoms with van der Waals surface area (Å²) < 4.78 is 76.5. The van der Waals surface area contributed by atoms with Crippen LogP contribution in [0.2, 0.25) is 0 Å². The summed E-state index contributed by atoms with van der Waals surface area (Å²) in [5, 5.41) is 5.12. The van der Waals surface area contributed by atoms with Crippen LogP contribution in [0.3, 0.4) is 0 Å². The predicted molar refractivity (Wildman–Crippen MR) is 179 cm³/mol. The Morgan fingerprint density at radius 3 is 2.45 bits per heavy atom. The standard InChI is InChI=1S/C34H44F3N5O8S/c1-5-49-31(45)27(40-30(44)23-20-41(21-23)51(47,48)26-13-8-11-24(18-26)34(35,36)37)19-38-28(43)14-7-6-12-25-16-15-22-10-9-17-42(29(22)39-25)32(46)50-33(2,3)4/h8,11,13,15-16,18,23,27H,5-7,9-10,12,14,17,19-21H2,1-4H3,(H,38,43)(H,40,44). The van der Waals surface area contributed by atoms with Crippen LogP contribution in [-0.2, 0) is 52.9 Å². The molecule has 2 aliphatic heterocycles. The van der Waals surface area contributed by atoms with Crippen LogP contribution in [0.4, 0.5) is 23.8 Å². The Balaban J connectivity index is 1.24. The molecule has 280 valence electrons. The zero-order chi connectivity index (χ0) is 37.6. The van der Waals surface area contributed by atoms with E-state index >= 15 is 0 Å². The Bertz CT molecular complexity index is 1710. The van der Waals surface area contributed by atoms with Gasteiger partial charge in [0.15, 0.2) is 0 Å². The molecule has 0 bridgehead atoms. The van der Waals surface area contributed by atoms with Gasteiger partial charge in [-0.05, 0) is 89.6 Å². The first-order valence-electron chi connectivity index (χ1n) is 16.8. The minimum atomic E-state index is -4.73. The molecule has 1 aromatic carbocycles. The molecule has 0 radical (unpaired) electrons. The molecule has 1 fully saturated rings. The van der Waals surface area contributed by atoms with Crippen molar-refractivity contribution in [3.8, 4) is 0 Å². The number of halogens is 3. The molecular weight excluding hydrogens is 695 g/mol. The lowest BCUT2D eigenvalue weighted by Crippen LogP contribution is -2.59. The molecule has 2 aliphatic rings. The zero-order valence-corrected chi connectivity index (χ0v) is 29.9. The van der Waals surface area contributed by atoms with Gasteiger partial charge in [0.1, 0.15) is 17.5 Å². The molecule has 4 rings (SSSR count). The second-order valence-corrected chi connectivity index (χ2v) is 15.3. The Morgan fingerprint density at radius 1 is 1.06 bits per heavy atom. The van der Waals surface area contributed by atoms with Crippen molar-refractivity contribution in [1.29, 1.82) is 0 Å². The van der Waals surface area contributed by atoms with E-state index in [4.69, 9.17) is 14.5 Å². The van der Waals surface area contributed by atoms with E-state index in [0.29, 0.717) is 37.7 Å². The number of pyridine rings is 1. The third kappa shape index (κ3) is 10.6. The highest BCUT2D eigenvalue weighted by atomic mass is 32.2. The number of unbranched alkanes of at least 4 members (excludes halogenated alkanes) is 1. The van der Waals surface area contributed by atoms with Gasteiger partial charge in [-0.2, -0.15) is 17.5 Å². The molecular formula is C34H44F3N5O8S. The maximum absolute atomic E-state index is 13.1. The number of hydrogen-bond donors (Lipinski definition) is 2. The van der Waals surface area contributed by atoms with Gasteiger partial charge in [0.05, 0.1) is 23.0 Å². The van der Waals surface area contributed by atoms with E-state index in [-0.39, 0.29) is 38.6 Å². The summed E-state index contributed by atoms with van der Waals surface area (Å²) in [4.78, 5) is 56.6. The molecule has 3 heterocycles. The molecule has 0 spiro atoms. The van der Waals surface area contributed by atoms with Crippen molar-refractivity contribution in [1.82, 2.24) is 19.9 Å². The summed E-state index contributed by atoms with van der Waals surface area (Å²) in [7, 11) is -4.29. The number of hydrogen-bond acceptors (Lipinski definition) is 9. The average Bonchev–Trinajstić information content (AvgIpc) is 3.02. The topological polar surface area (TPSA) is 164 Å². The Morgan fingerprint density at radius 2 is 1.78 bits per heavy atom. The number of carbonyl (C=O) groups is 4. The molecule has 3 amide bonds. The van der Waals surface area contributed by atoms with Crippen molar-refractivity contribution < 1.29 is 50.2 Å². The molecule has 1 unspecified atom stereocenters. The predicted octanol–water partition coefficient (Wildman–Crippen LogP) is 3.99. The van der Waals surface area contributed by atoms with Crippen LogP contribution in [0.5, 0.6) is 0 Å². The summed E-state index contributed by atoms with van der Waals surface area (Å²) >= 11 is 0. The van der Waals surface area contributed by atoms with E-state index in [2.05, 4.69) is 10.6 Å². The van der Waals surface area contributed by atoms with Crippen LogP contribution in [0, 0.1) is 5.92 Å². The molecule has 0 saturated carbocycles. The van der Waals surface area contributed by atoms with Crippen LogP contribution in [0.1, 0.15) is 70.2 Å². The number of sulfonamides is 1. The number of aromatic nitrogens is 1. The van der Waals surface area contributed by atoms with Crippen LogP contribution in [-0.4, -0.2) is 86.0 Å². The number of alkyl halides is 3. The summed E-state index contributed by atoms with van der Waals surface area (Å²) in [5.41, 5.74) is -0.0164. The van der Waals surface area contributed by atoms with Gasteiger partial charge >= 0.3 is 18.2 Å². The normalized spacial score (nSPS) is 16.0. The van der Waals surface area contributed by atoms with E-state index in [9.17, 15) is 40.8 Å². The highest BCUT2D eigenvalue weighted by Crippen LogP contribution is 2.33. The lowest BCUT2D eigenvalue weighted by molar-refractivity contribution is -0.148. The molecule has 51 heavy (non-hydrogen) atoms. The van der Waals surface area contributed by atoms with Crippen LogP contribution >= 0.6 is 0 Å². The fraction of sp³-hybridized carbons (Fsp3) is 0.559. The minimum absolute atomic E-state index is 0.0118. The molecule has 17 heteroatoms. The van der Waals surface area contributed by atoms with Crippen LogP contribution in [0.15, 0.2) is 41.3 Å². The average molecular weight is 740 g/mol. The van der Waals surface area contributed by atoms with Crippen molar-refractivity contribution in [2.75, 3.05) is 37.7 Å². The van der Waals surface area contributed by atoms with E-state index < -0.39 is 62.2 Å². The second-order valence-electron chi connectivity index (χ2n) is 13.4. The van der Waals surface area contributed by atoms with Crippen molar-refractivity contribution in [2.45, 2.75) is 88.9 Å². The molecule has 0 aliphatic carbocycles. The van der Waals surface area contributed by atoms with Crippen molar-refractivity contribution >= 4 is 39.7 Å². The van der Waals surface area contributed by atoms with Crippen LogP contribution < -0.4 is 15.5 Å². The van der Waals surface area contributed by atoms with Gasteiger partial charge in [0.2, 0.25) is 21.8 Å². The van der Waals surface area contributed by atoms with Crippen molar-refractivity contribution in [3.05, 3.63) is 53.2 Å². The molecule has 2 aromatic rings. The number of rotatable bonds is 13. The van der Waals surface area contributed by atoms with E-state index in [1.165, 1.54) is 0 Å². The number of fused-ring (bicyclic) bond motifs is 1. The molecule has 2 N–H and O–H groups in total. The van der Waals surface area contributed by atoms with Gasteiger partial charge in [-0.3, -0.25) is 14.5 Å². The van der Waals surface area contributed by atoms with Gasteiger partial charge in [-0.15, -0.1) is 0 Å². The highest BCUT2D eigenvalue weighted by molar-refractivity contribution is 7.89. The summed E-state index contributed by atoms with van der Waals surface area (Å²) in [6.45, 7) is 6.64. The SMILES string of the molecule is CCOC(=O)C(CNC(=O)CCCCc1ccc2c(n1)N(C(=O)OC(C)(C)C)CCC2)NC(=O)C1CN(S(=O)(=O)c2cccc(C(F)(F)F)c2)C1. The van der Waals surface area contributed by atoms with E-state index in [1.54, 1.807) is 32.6 Å². The monoisotopic (exact) mass is 739 g/mol. The van der Waals surface area contributed by atoms with E-state index in [0.717, 1.165) is 46.6 Å². The lowest BCUT2D eigenvalue weighted by atomic mass is 10.0. The highest BCUT2D eigenvalue weighted by Gasteiger charge is 2.42. The first kappa shape index (κ1) is 39.5. The van der Waals surface area contributed by atoms with Crippen molar-refractivity contribution in [3.63, 3.8) is 0 Å². The number of nitrogens with one attached hydrogen (secondary N) is 2. The van der Waals surface area contributed by atoms with E-state index in [1.807, 2.05) is 12.1 Å². The van der Waals surface area contributed by atoms with Gasteiger partial charge < -0.3 is 20.1 Å². The molecule has 13 nitrogen and oxygen atoms in total. The quantitative estimate of drug-likeness (QED) is 0.229. The maximum atomic E-state index is 13.1. The number of amides is 3. The van der Waals surface area contributed by atoms with Gasteiger partial charge in [-0.1, -0.05) is 12.1 Å². The number of anilines is 1. The van der Waals surface area contributed by atoms with Gasteiger partial charge in [-0.25, -0.2) is 23.0 Å². The number of nitrogens with zero attached hydrogens (tertiary/aromatic N) is 3. The first-order chi connectivity index (χ1) is 23.9. The first-order valence-corrected chi connectivity index (χ1v) is 18.2. The fourth-order valence-electron chi connectivity index (χ4n) is 5.52. The molecule has 1 saturated heterocycles. The maximum Gasteiger partial charge on any atom is 0.416 e. The smallest absolute Gasteiger partial charge is 0.416 e. The van der Waals surface area contributed by atoms with Crippen LogP contribution in [0.25, 0.3) is 0 Å². The Hall–Kier alpha value is -4.25. The van der Waals surface area contributed by atoms with Gasteiger partial charge in [0, 0.05) is 38.3 Å². The number of carbonyl (C=O) groups excluding carboxylic acids is 4. The number of esters is 1. The summed E-state index contributed by atoms with van der Waals surface area (Å²) in [6, 6.07) is 5.96. The minimum Gasteiger partial charge on any atom is -0.464 e. The molecule has 1 aromatic heterocycles. The zero-order valence-electron chi connectivity index (χ0n) is 29.0. The second kappa shape index (κ2) is 16.4. The van der Waals surface area contributed by atoms with Crippen molar-refractivity contribution in [2.24, 2.45) is 5.92 Å². The lowest BCUT2D eigenvalue weighted by Gasteiger charge is -2.37.